The van der Waals surface area contributed by atoms with Gasteiger partial charge in [-0.05, 0) is 32.0 Å². The molecule has 2 aliphatic rings. The van der Waals surface area contributed by atoms with Gasteiger partial charge in [0.15, 0.2) is 11.5 Å². The zero-order chi connectivity index (χ0) is 19.8. The lowest BCUT2D eigenvalue weighted by Gasteiger charge is -2.41. The Hall–Kier alpha value is -2.19. The maximum Gasteiger partial charge on any atom is 0.348 e. The zero-order valence-electron chi connectivity index (χ0n) is 16.4. The van der Waals surface area contributed by atoms with Gasteiger partial charge in [0.2, 0.25) is 11.4 Å². The summed E-state index contributed by atoms with van der Waals surface area (Å²) >= 11 is 0. The Bertz CT molecular complexity index is 715. The van der Waals surface area contributed by atoms with Crippen molar-refractivity contribution in [2.24, 2.45) is 0 Å². The smallest absolute Gasteiger partial charge is 0.348 e. The number of piperidine rings is 1. The highest BCUT2D eigenvalue weighted by Gasteiger charge is 2.54. The van der Waals surface area contributed by atoms with Crippen LogP contribution in [-0.4, -0.2) is 68.0 Å². The van der Waals surface area contributed by atoms with Crippen molar-refractivity contribution in [3.63, 3.8) is 0 Å². The molecule has 1 N–H and O–H groups in total. The molecule has 0 radical (unpaired) electrons. The third kappa shape index (κ3) is 3.71. The summed E-state index contributed by atoms with van der Waals surface area (Å²) in [5.41, 5.74) is -1.37. The van der Waals surface area contributed by atoms with Crippen molar-refractivity contribution in [3.05, 3.63) is 17.7 Å². The van der Waals surface area contributed by atoms with Crippen LogP contribution in [-0.2, 0) is 9.53 Å². The van der Waals surface area contributed by atoms with E-state index in [1.807, 2.05) is 7.05 Å². The van der Waals surface area contributed by atoms with Gasteiger partial charge in [-0.25, -0.2) is 9.59 Å². The average Bonchev–Trinajstić information content (AvgIpc) is 2.87. The van der Waals surface area contributed by atoms with E-state index in [0.717, 1.165) is 12.8 Å². The molecule has 156 valence electrons. The van der Waals surface area contributed by atoms with E-state index in [1.165, 1.54) is 33.5 Å². The molecule has 28 heavy (non-hydrogen) atoms. The summed E-state index contributed by atoms with van der Waals surface area (Å²) in [6, 6.07) is 3.13. The van der Waals surface area contributed by atoms with E-state index in [4.69, 9.17) is 18.9 Å². The summed E-state index contributed by atoms with van der Waals surface area (Å²) < 4.78 is 21.4. The number of esters is 1. The number of carboxylic acids is 1. The minimum Gasteiger partial charge on any atom is -0.493 e. The molecule has 2 unspecified atom stereocenters. The molecule has 2 saturated heterocycles. The minimum atomic E-state index is -1.52. The van der Waals surface area contributed by atoms with Crippen molar-refractivity contribution in [3.8, 4) is 17.2 Å². The Morgan fingerprint density at radius 3 is 1.93 bits per heavy atom. The van der Waals surface area contributed by atoms with Crippen molar-refractivity contribution < 1.29 is 33.6 Å². The third-order valence-electron chi connectivity index (χ3n) is 5.69. The Morgan fingerprint density at radius 1 is 1.04 bits per heavy atom. The number of carbonyl (C=O) groups is 2. The van der Waals surface area contributed by atoms with Gasteiger partial charge in [-0.1, -0.05) is 0 Å². The topological polar surface area (TPSA) is 94.5 Å². The third-order valence-corrected chi connectivity index (χ3v) is 5.69. The number of rotatable bonds is 6. The second-order valence-electron chi connectivity index (χ2n) is 7.06. The molecule has 1 aromatic rings. The van der Waals surface area contributed by atoms with Crippen LogP contribution in [0.2, 0.25) is 0 Å². The Labute approximate surface area is 170 Å². The molecule has 2 fully saturated rings. The second-order valence-corrected chi connectivity index (χ2v) is 7.06. The van der Waals surface area contributed by atoms with Crippen molar-refractivity contribution in [1.29, 1.82) is 0 Å². The molecule has 2 atom stereocenters. The first-order valence-electron chi connectivity index (χ1n) is 8.84. The van der Waals surface area contributed by atoms with Gasteiger partial charge >= 0.3 is 11.9 Å². The number of benzene rings is 1. The number of carbonyl (C=O) groups excluding carboxylic acids is 1. The fraction of sp³-hybridized carbons (Fsp3) is 0.579. The first kappa shape index (κ1) is 22.1. The molecule has 8 nitrogen and oxygen atoms in total. The van der Waals surface area contributed by atoms with Gasteiger partial charge in [0.05, 0.1) is 26.9 Å². The minimum absolute atomic E-state index is 0. The summed E-state index contributed by atoms with van der Waals surface area (Å²) in [5, 5.41) is 9.85. The molecule has 2 heterocycles. The fourth-order valence-electron chi connectivity index (χ4n) is 4.16. The number of ether oxygens (including phenoxy) is 4. The van der Waals surface area contributed by atoms with Gasteiger partial charge in [-0.15, -0.1) is 12.4 Å². The van der Waals surface area contributed by atoms with E-state index >= 15 is 0 Å². The number of carboxylic acid groups (broad SMARTS) is 1. The molecule has 0 aliphatic carbocycles. The summed E-state index contributed by atoms with van der Waals surface area (Å²) in [6.07, 6.45) is 2.40. The van der Waals surface area contributed by atoms with Crippen LogP contribution >= 0.6 is 12.4 Å². The normalized spacial score (nSPS) is 26.1. The molecule has 0 amide bonds. The Kier molecular flexibility index (Phi) is 6.67. The molecule has 0 spiro atoms. The molecule has 3 rings (SSSR count). The van der Waals surface area contributed by atoms with Crippen molar-refractivity contribution in [2.75, 3.05) is 28.4 Å². The first-order valence-corrected chi connectivity index (χ1v) is 8.84. The molecule has 2 aliphatic heterocycles. The molecule has 0 saturated carbocycles. The largest absolute Gasteiger partial charge is 0.493 e. The van der Waals surface area contributed by atoms with E-state index in [-0.39, 0.29) is 42.9 Å². The highest BCUT2D eigenvalue weighted by molar-refractivity contribution is 5.94. The van der Waals surface area contributed by atoms with Crippen molar-refractivity contribution in [2.45, 2.75) is 43.4 Å². The standard InChI is InChI=1S/C19H25NO7.ClH/c1-20-12-5-6-13(20)10-19(9-12,18(22)23)27-17(21)11-7-14(24-2)16(26-4)15(8-11)25-3;/h7-8,12-13H,5-6,9-10H2,1-4H3,(H,22,23);1H. The van der Waals surface area contributed by atoms with Crippen molar-refractivity contribution >= 4 is 24.3 Å². The van der Waals surface area contributed by atoms with Gasteiger partial charge in [0, 0.05) is 24.9 Å². The van der Waals surface area contributed by atoms with Gasteiger partial charge < -0.3 is 29.0 Å². The average molecular weight is 416 g/mol. The number of hydrogen-bond acceptors (Lipinski definition) is 7. The number of aliphatic carboxylic acids is 1. The second kappa shape index (κ2) is 8.45. The van der Waals surface area contributed by atoms with Crippen LogP contribution < -0.4 is 14.2 Å². The van der Waals surface area contributed by atoms with Gasteiger partial charge in [-0.2, -0.15) is 0 Å². The van der Waals surface area contributed by atoms with Crippen LogP contribution in [0, 0.1) is 0 Å². The number of fused-ring (bicyclic) bond motifs is 2. The lowest BCUT2D eigenvalue weighted by Crippen LogP contribution is -2.55. The van der Waals surface area contributed by atoms with Gasteiger partial charge in [0.25, 0.3) is 0 Å². The highest BCUT2D eigenvalue weighted by atomic mass is 35.5. The van der Waals surface area contributed by atoms with E-state index < -0.39 is 17.5 Å². The van der Waals surface area contributed by atoms with Crippen LogP contribution in [0.3, 0.4) is 0 Å². The van der Waals surface area contributed by atoms with E-state index in [1.54, 1.807) is 0 Å². The fourth-order valence-corrected chi connectivity index (χ4v) is 4.16. The van der Waals surface area contributed by atoms with Crippen LogP contribution in [0.4, 0.5) is 0 Å². The van der Waals surface area contributed by atoms with Crippen LogP contribution in [0.1, 0.15) is 36.0 Å². The zero-order valence-corrected chi connectivity index (χ0v) is 17.2. The predicted octanol–water partition coefficient (Wildman–Crippen LogP) is 2.37. The van der Waals surface area contributed by atoms with Gasteiger partial charge in [0.1, 0.15) is 0 Å². The van der Waals surface area contributed by atoms with Crippen molar-refractivity contribution in [1.82, 2.24) is 4.90 Å². The summed E-state index contributed by atoms with van der Waals surface area (Å²) in [6.45, 7) is 0. The Morgan fingerprint density at radius 2 is 1.54 bits per heavy atom. The summed E-state index contributed by atoms with van der Waals surface area (Å²) in [7, 11) is 6.35. The first-order chi connectivity index (χ1) is 12.8. The lowest BCUT2D eigenvalue weighted by atomic mass is 9.86. The quantitative estimate of drug-likeness (QED) is 0.707. The molecule has 9 heteroatoms. The maximum atomic E-state index is 12.8. The Balaban J connectivity index is 0.00000280. The molecule has 2 bridgehead atoms. The maximum absolute atomic E-state index is 12.8. The summed E-state index contributed by atoms with van der Waals surface area (Å²) in [5.74, 6) is -0.871. The molecular weight excluding hydrogens is 390 g/mol. The molecular formula is C19H26ClNO7. The molecule has 1 aromatic carbocycles. The highest BCUT2D eigenvalue weighted by Crippen LogP contribution is 2.43. The van der Waals surface area contributed by atoms with E-state index in [9.17, 15) is 14.7 Å². The van der Waals surface area contributed by atoms with Gasteiger partial charge in [-0.3, -0.25) is 0 Å². The number of methoxy groups -OCH3 is 3. The predicted molar refractivity (Wildman–Crippen MR) is 103 cm³/mol. The number of halogens is 1. The van der Waals surface area contributed by atoms with Crippen LogP contribution in [0.15, 0.2) is 12.1 Å². The monoisotopic (exact) mass is 415 g/mol. The number of nitrogens with zero attached hydrogens (tertiary/aromatic N) is 1. The molecule has 0 aromatic heterocycles. The lowest BCUT2D eigenvalue weighted by molar-refractivity contribution is -0.167. The summed E-state index contributed by atoms with van der Waals surface area (Å²) in [4.78, 5) is 27.1. The van der Waals surface area contributed by atoms with Crippen LogP contribution in [0.25, 0.3) is 0 Å². The van der Waals surface area contributed by atoms with Crippen LogP contribution in [0.5, 0.6) is 17.2 Å². The van der Waals surface area contributed by atoms with E-state index in [0.29, 0.717) is 17.2 Å². The van der Waals surface area contributed by atoms with E-state index in [2.05, 4.69) is 4.90 Å². The number of hydrogen-bond donors (Lipinski definition) is 1. The SMILES string of the molecule is COc1cc(C(=O)OC2(C(=O)O)CC3CCC(C2)N3C)cc(OC)c1OC.Cl.